The Morgan fingerprint density at radius 3 is 2.64 bits per heavy atom. The molecule has 0 aromatic carbocycles. The number of pyridine rings is 2. The van der Waals surface area contributed by atoms with Gasteiger partial charge in [-0.15, -0.1) is 0 Å². The highest BCUT2D eigenvalue weighted by Gasteiger charge is 2.10. The van der Waals surface area contributed by atoms with E-state index in [1.54, 1.807) is 26.2 Å². The van der Waals surface area contributed by atoms with Crippen LogP contribution in [0.5, 0.6) is 11.5 Å². The third-order valence-corrected chi connectivity index (χ3v) is 2.76. The number of rotatable bonds is 5. The van der Waals surface area contributed by atoms with Crippen molar-refractivity contribution in [3.8, 4) is 11.5 Å². The second kappa shape index (κ2) is 6.61. The predicted molar refractivity (Wildman–Crippen MR) is 77.6 cm³/mol. The van der Waals surface area contributed by atoms with Crippen molar-refractivity contribution in [1.82, 2.24) is 14.9 Å². The molecule has 0 saturated heterocycles. The van der Waals surface area contributed by atoms with Crippen molar-refractivity contribution in [3.05, 3.63) is 52.5 Å². The zero-order chi connectivity index (χ0) is 16.1. The normalized spacial score (nSPS) is 10.1. The molecule has 0 fully saturated rings. The Morgan fingerprint density at radius 1 is 1.27 bits per heavy atom. The molecule has 0 bridgehead atoms. The number of hydrogen-bond acceptors (Lipinski definition) is 6. The molecule has 0 N–H and O–H groups in total. The molecule has 0 radical (unpaired) electrons. The van der Waals surface area contributed by atoms with Crippen LogP contribution in [0.15, 0.2) is 36.7 Å². The summed E-state index contributed by atoms with van der Waals surface area (Å²) in [6, 6.07) is 5.98. The number of aromatic nitrogens is 2. The molecule has 0 saturated carbocycles. The lowest BCUT2D eigenvalue weighted by molar-refractivity contribution is -0.389. The van der Waals surface area contributed by atoms with Crippen LogP contribution in [-0.2, 0) is 11.2 Å². The summed E-state index contributed by atoms with van der Waals surface area (Å²) < 4.78 is 5.55. The summed E-state index contributed by atoms with van der Waals surface area (Å²) in [5, 5.41) is 10.5. The van der Waals surface area contributed by atoms with Crippen LogP contribution < -0.4 is 4.74 Å². The highest BCUT2D eigenvalue weighted by Crippen LogP contribution is 2.22. The summed E-state index contributed by atoms with van der Waals surface area (Å²) in [5.74, 6) is 0.523. The highest BCUT2D eigenvalue weighted by atomic mass is 16.6. The zero-order valence-corrected chi connectivity index (χ0v) is 12.1. The number of carbonyl (C=O) groups is 1. The Balaban J connectivity index is 2.09. The molecular formula is C14H14N4O4. The SMILES string of the molecule is CN(C)C(=O)Cc1cc(Oc2ccc([N+](=O)[O-])nc2)ccn1. The van der Waals surface area contributed by atoms with E-state index in [9.17, 15) is 14.9 Å². The van der Waals surface area contributed by atoms with Gasteiger partial charge in [-0.3, -0.25) is 9.78 Å². The van der Waals surface area contributed by atoms with Crippen molar-refractivity contribution >= 4 is 11.7 Å². The van der Waals surface area contributed by atoms with Crippen molar-refractivity contribution in [2.75, 3.05) is 14.1 Å². The molecule has 0 aliphatic rings. The van der Waals surface area contributed by atoms with Crippen molar-refractivity contribution in [2.45, 2.75) is 6.42 Å². The van der Waals surface area contributed by atoms with Crippen molar-refractivity contribution in [1.29, 1.82) is 0 Å². The van der Waals surface area contributed by atoms with Gasteiger partial charge < -0.3 is 19.8 Å². The quantitative estimate of drug-likeness (QED) is 0.617. The number of amides is 1. The van der Waals surface area contributed by atoms with E-state index in [1.165, 1.54) is 29.4 Å². The Kier molecular flexibility index (Phi) is 4.62. The fourth-order valence-corrected chi connectivity index (χ4v) is 1.61. The number of hydrogen-bond donors (Lipinski definition) is 0. The van der Waals surface area contributed by atoms with E-state index in [0.717, 1.165) is 0 Å². The van der Waals surface area contributed by atoms with Gasteiger partial charge in [0.25, 0.3) is 0 Å². The fraction of sp³-hybridized carbons (Fsp3) is 0.214. The molecule has 0 aliphatic heterocycles. The summed E-state index contributed by atoms with van der Waals surface area (Å²) in [6.07, 6.45) is 2.97. The summed E-state index contributed by atoms with van der Waals surface area (Å²) in [4.78, 5) is 30.9. The predicted octanol–water partition coefficient (Wildman–Crippen LogP) is 1.81. The molecule has 0 spiro atoms. The first kappa shape index (κ1) is 15.4. The summed E-state index contributed by atoms with van der Waals surface area (Å²) in [5.41, 5.74) is 0.575. The lowest BCUT2D eigenvalue weighted by Crippen LogP contribution is -2.23. The van der Waals surface area contributed by atoms with Crippen LogP contribution in [0.25, 0.3) is 0 Å². The molecule has 0 aliphatic carbocycles. The Labute approximate surface area is 126 Å². The average Bonchev–Trinajstić information content (AvgIpc) is 2.48. The maximum atomic E-state index is 11.7. The van der Waals surface area contributed by atoms with E-state index < -0.39 is 4.92 Å². The maximum absolute atomic E-state index is 11.7. The van der Waals surface area contributed by atoms with Gasteiger partial charge in [-0.25, -0.2) is 0 Å². The standard InChI is InChI=1S/C14H14N4O4/c1-17(2)14(19)8-10-7-11(5-6-15-10)22-12-3-4-13(16-9-12)18(20)21/h3-7,9H,8H2,1-2H3. The van der Waals surface area contributed by atoms with Crippen LogP contribution in [0, 0.1) is 10.1 Å². The molecule has 22 heavy (non-hydrogen) atoms. The third kappa shape index (κ3) is 3.98. The molecule has 0 unspecified atom stereocenters. The molecule has 8 nitrogen and oxygen atoms in total. The minimum Gasteiger partial charge on any atom is -0.453 e. The number of likely N-dealkylation sites (N-methyl/N-ethyl adjacent to an activating group) is 1. The van der Waals surface area contributed by atoms with Crippen LogP contribution >= 0.6 is 0 Å². The van der Waals surface area contributed by atoms with Gasteiger partial charge in [0.2, 0.25) is 5.91 Å². The number of nitro groups is 1. The number of carbonyl (C=O) groups excluding carboxylic acids is 1. The Bertz CT molecular complexity index is 685. The zero-order valence-electron chi connectivity index (χ0n) is 12.1. The first-order valence-electron chi connectivity index (χ1n) is 6.39. The molecule has 1 amide bonds. The van der Waals surface area contributed by atoms with E-state index in [-0.39, 0.29) is 18.1 Å². The van der Waals surface area contributed by atoms with Crippen molar-refractivity contribution in [2.24, 2.45) is 0 Å². The van der Waals surface area contributed by atoms with E-state index in [4.69, 9.17) is 4.74 Å². The second-order valence-corrected chi connectivity index (χ2v) is 4.66. The van der Waals surface area contributed by atoms with E-state index in [1.807, 2.05) is 0 Å². The molecule has 2 aromatic rings. The van der Waals surface area contributed by atoms with Gasteiger partial charge in [-0.05, 0) is 22.0 Å². The topological polar surface area (TPSA) is 98.5 Å². The van der Waals surface area contributed by atoms with Gasteiger partial charge in [0.15, 0.2) is 11.9 Å². The van der Waals surface area contributed by atoms with Crippen LogP contribution in [0.3, 0.4) is 0 Å². The minimum absolute atomic E-state index is 0.0679. The smallest absolute Gasteiger partial charge is 0.363 e. The maximum Gasteiger partial charge on any atom is 0.363 e. The minimum atomic E-state index is -0.582. The van der Waals surface area contributed by atoms with Crippen LogP contribution in [0.1, 0.15) is 5.69 Å². The van der Waals surface area contributed by atoms with Gasteiger partial charge in [-0.2, -0.15) is 0 Å². The van der Waals surface area contributed by atoms with E-state index in [2.05, 4.69) is 9.97 Å². The lowest BCUT2D eigenvalue weighted by atomic mass is 10.2. The summed E-state index contributed by atoms with van der Waals surface area (Å²) in [6.45, 7) is 0. The molecule has 114 valence electrons. The molecule has 2 aromatic heterocycles. The monoisotopic (exact) mass is 302 g/mol. The molecule has 2 heterocycles. The summed E-state index contributed by atoms with van der Waals surface area (Å²) >= 11 is 0. The van der Waals surface area contributed by atoms with Crippen molar-refractivity contribution < 1.29 is 14.5 Å². The summed E-state index contributed by atoms with van der Waals surface area (Å²) in [7, 11) is 3.34. The highest BCUT2D eigenvalue weighted by molar-refractivity contribution is 5.77. The molecular weight excluding hydrogens is 288 g/mol. The van der Waals surface area contributed by atoms with E-state index >= 15 is 0 Å². The average molecular weight is 302 g/mol. The molecule has 8 heteroatoms. The third-order valence-electron chi connectivity index (χ3n) is 2.76. The van der Waals surface area contributed by atoms with Gasteiger partial charge in [0, 0.05) is 32.4 Å². The van der Waals surface area contributed by atoms with Gasteiger partial charge in [0.1, 0.15) is 5.75 Å². The fourth-order valence-electron chi connectivity index (χ4n) is 1.61. The van der Waals surface area contributed by atoms with Crippen LogP contribution in [0.2, 0.25) is 0 Å². The molecule has 2 rings (SSSR count). The number of nitrogens with zero attached hydrogens (tertiary/aromatic N) is 4. The first-order valence-corrected chi connectivity index (χ1v) is 6.39. The van der Waals surface area contributed by atoms with E-state index in [0.29, 0.717) is 17.2 Å². The van der Waals surface area contributed by atoms with Crippen molar-refractivity contribution in [3.63, 3.8) is 0 Å². The first-order chi connectivity index (χ1) is 10.5. The van der Waals surface area contributed by atoms with Gasteiger partial charge in [-0.1, -0.05) is 0 Å². The Hall–Kier alpha value is -3.03. The lowest BCUT2D eigenvalue weighted by Gasteiger charge is -2.10. The van der Waals surface area contributed by atoms with Crippen LogP contribution in [-0.4, -0.2) is 39.8 Å². The second-order valence-electron chi connectivity index (χ2n) is 4.66. The van der Waals surface area contributed by atoms with Crippen LogP contribution in [0.4, 0.5) is 5.82 Å². The van der Waals surface area contributed by atoms with Gasteiger partial charge in [0.05, 0.1) is 12.1 Å². The number of ether oxygens (including phenoxy) is 1. The van der Waals surface area contributed by atoms with Gasteiger partial charge >= 0.3 is 5.82 Å². The largest absolute Gasteiger partial charge is 0.453 e. The molecule has 0 atom stereocenters. The Morgan fingerprint density at radius 2 is 2.05 bits per heavy atom.